The Morgan fingerprint density at radius 2 is 1.55 bits per heavy atom. The van der Waals surface area contributed by atoms with E-state index in [2.05, 4.69) is 16.0 Å². The number of carboxylic acids is 1. The van der Waals surface area contributed by atoms with Gasteiger partial charge in [0.15, 0.2) is 6.19 Å². The molecule has 3 amide bonds. The monoisotopic (exact) mass is 589 g/mol. The van der Waals surface area contributed by atoms with Gasteiger partial charge in [-0.3, -0.25) is 14.9 Å². The Labute approximate surface area is 249 Å². The molecule has 1 aliphatic rings. The van der Waals surface area contributed by atoms with Crippen LogP contribution in [0, 0.1) is 18.4 Å². The summed E-state index contributed by atoms with van der Waals surface area (Å²) in [5.74, 6) is -0.579. The predicted molar refractivity (Wildman–Crippen MR) is 163 cm³/mol. The molecule has 3 aromatic rings. The lowest BCUT2D eigenvalue weighted by Gasteiger charge is -2.42. The van der Waals surface area contributed by atoms with Gasteiger partial charge in [0.05, 0.1) is 11.7 Å². The van der Waals surface area contributed by atoms with Crippen LogP contribution < -0.4 is 16.0 Å². The molecule has 1 unspecified atom stereocenters. The van der Waals surface area contributed by atoms with Gasteiger partial charge in [-0.1, -0.05) is 41.9 Å². The van der Waals surface area contributed by atoms with Crippen molar-refractivity contribution in [3.05, 3.63) is 88.9 Å². The number of hydrogen-bond donors (Lipinski definition) is 4. The van der Waals surface area contributed by atoms with Crippen molar-refractivity contribution < 1.29 is 19.5 Å². The van der Waals surface area contributed by atoms with Gasteiger partial charge in [-0.05, 0) is 60.5 Å². The van der Waals surface area contributed by atoms with Gasteiger partial charge in [0, 0.05) is 49.9 Å². The lowest BCUT2D eigenvalue weighted by atomic mass is 10.0. The first-order valence-electron chi connectivity index (χ1n) is 13.0. The standard InChI is InChI=1S/C28H28ClN7O2.C2H4O2/c1-19-5-3-4-6-25(19)34-27(31-18-30)35-15-16-36(28(38)33-24-13-9-22(29)10-14-24)26(17-35)21-7-11-23(12-8-21)32-20(2)37;1-2(3)4/h3-14,26H,15-17H2,1-2H3,(H,31,34)(H,32,37)(H,33,38);1H3,(H,3,4). The van der Waals surface area contributed by atoms with Gasteiger partial charge in [0.2, 0.25) is 11.9 Å². The fraction of sp³-hybridized carbons (Fsp3) is 0.233. The molecule has 4 rings (SSSR count). The van der Waals surface area contributed by atoms with E-state index in [1.54, 1.807) is 41.3 Å². The molecule has 4 N–H and O–H groups in total. The Hall–Kier alpha value is -5.08. The lowest BCUT2D eigenvalue weighted by molar-refractivity contribution is -0.134. The first kappa shape index (κ1) is 31.4. The van der Waals surface area contributed by atoms with Gasteiger partial charge in [-0.2, -0.15) is 5.26 Å². The van der Waals surface area contributed by atoms with E-state index >= 15 is 0 Å². The third-order valence-corrected chi connectivity index (χ3v) is 6.41. The summed E-state index contributed by atoms with van der Waals surface area (Å²) in [6.07, 6.45) is 1.99. The third kappa shape index (κ3) is 9.25. The second-order valence-corrected chi connectivity index (χ2v) is 9.81. The summed E-state index contributed by atoms with van der Waals surface area (Å²) in [4.78, 5) is 42.3. The van der Waals surface area contributed by atoms with Crippen LogP contribution >= 0.6 is 11.6 Å². The van der Waals surface area contributed by atoms with Crippen LogP contribution in [0.25, 0.3) is 0 Å². The van der Waals surface area contributed by atoms with Gasteiger partial charge < -0.3 is 25.5 Å². The molecule has 218 valence electrons. The first-order valence-corrected chi connectivity index (χ1v) is 13.4. The highest BCUT2D eigenvalue weighted by Gasteiger charge is 2.33. The van der Waals surface area contributed by atoms with Crippen LogP contribution in [-0.2, 0) is 9.59 Å². The molecular formula is C30H32ClN7O4. The third-order valence-electron chi connectivity index (χ3n) is 6.16. The smallest absolute Gasteiger partial charge is 0.322 e. The van der Waals surface area contributed by atoms with E-state index in [9.17, 15) is 14.9 Å². The van der Waals surface area contributed by atoms with Crippen molar-refractivity contribution in [1.82, 2.24) is 15.1 Å². The van der Waals surface area contributed by atoms with Gasteiger partial charge in [-0.25, -0.2) is 9.79 Å². The number of aliphatic carboxylic acids is 1. The van der Waals surface area contributed by atoms with Gasteiger partial charge in [0.25, 0.3) is 5.97 Å². The molecule has 0 aliphatic carbocycles. The Bertz CT molecular complexity index is 1470. The normalized spacial score (nSPS) is 14.5. The van der Waals surface area contributed by atoms with Gasteiger partial charge >= 0.3 is 6.03 Å². The molecule has 1 aliphatic heterocycles. The summed E-state index contributed by atoms with van der Waals surface area (Å²) in [5, 5.41) is 25.9. The summed E-state index contributed by atoms with van der Waals surface area (Å²) in [6, 6.07) is 21.4. The number of para-hydroxylation sites is 1. The van der Waals surface area contributed by atoms with Crippen LogP contribution in [0.2, 0.25) is 5.02 Å². The number of anilines is 2. The topological polar surface area (TPSA) is 150 Å². The molecule has 1 saturated heterocycles. The molecule has 12 heteroatoms. The number of rotatable bonds is 4. The second kappa shape index (κ2) is 15.1. The molecule has 1 atom stereocenters. The number of carbonyl (C=O) groups excluding carboxylic acids is 2. The number of carboxylic acid groups (broad SMARTS) is 1. The van der Waals surface area contributed by atoms with E-state index in [4.69, 9.17) is 26.5 Å². The highest BCUT2D eigenvalue weighted by Crippen LogP contribution is 2.29. The van der Waals surface area contributed by atoms with Crippen molar-refractivity contribution in [2.24, 2.45) is 4.99 Å². The minimum Gasteiger partial charge on any atom is -0.481 e. The number of nitriles is 1. The minimum absolute atomic E-state index is 0.162. The molecule has 1 fully saturated rings. The molecule has 0 spiro atoms. The summed E-state index contributed by atoms with van der Waals surface area (Å²) in [5.41, 5.74) is 3.91. The fourth-order valence-corrected chi connectivity index (χ4v) is 4.38. The maximum Gasteiger partial charge on any atom is 0.322 e. The van der Waals surface area contributed by atoms with Gasteiger partial charge in [0.1, 0.15) is 0 Å². The van der Waals surface area contributed by atoms with Crippen molar-refractivity contribution in [2.45, 2.75) is 26.8 Å². The highest BCUT2D eigenvalue weighted by atomic mass is 35.5. The molecule has 0 aromatic heterocycles. The van der Waals surface area contributed by atoms with E-state index in [-0.39, 0.29) is 18.0 Å². The Balaban J connectivity index is 0.00000114. The number of amides is 3. The van der Waals surface area contributed by atoms with E-state index in [0.717, 1.165) is 23.7 Å². The van der Waals surface area contributed by atoms with Crippen LogP contribution in [0.1, 0.15) is 31.0 Å². The van der Waals surface area contributed by atoms with Crippen LogP contribution in [0.4, 0.5) is 21.9 Å². The van der Waals surface area contributed by atoms with E-state index in [0.29, 0.717) is 42.0 Å². The van der Waals surface area contributed by atoms with Crippen LogP contribution in [0.3, 0.4) is 0 Å². The fourth-order valence-electron chi connectivity index (χ4n) is 4.25. The number of urea groups is 1. The van der Waals surface area contributed by atoms with E-state index in [1.807, 2.05) is 54.4 Å². The molecule has 1 heterocycles. The zero-order valence-corrected chi connectivity index (χ0v) is 24.2. The number of aryl methyl sites for hydroxylation is 1. The minimum atomic E-state index is -0.833. The zero-order valence-electron chi connectivity index (χ0n) is 23.5. The molecule has 0 saturated carbocycles. The number of benzene rings is 3. The number of guanidine groups is 1. The summed E-state index contributed by atoms with van der Waals surface area (Å²) in [6.45, 7) is 5.74. The number of carbonyl (C=O) groups is 3. The van der Waals surface area contributed by atoms with Gasteiger partial charge in [-0.15, -0.1) is 0 Å². The highest BCUT2D eigenvalue weighted by molar-refractivity contribution is 6.30. The number of halogens is 1. The SMILES string of the molecule is CC(=O)Nc1ccc(C2CN(C(=Nc3ccccc3C)NC#N)CCN2C(=O)Nc2ccc(Cl)cc2)cc1.CC(=O)O. The Morgan fingerprint density at radius 1 is 0.952 bits per heavy atom. The number of hydrogen-bond acceptors (Lipinski definition) is 5. The van der Waals surface area contributed by atoms with Crippen molar-refractivity contribution >= 4 is 52.5 Å². The summed E-state index contributed by atoms with van der Waals surface area (Å²) >= 11 is 5.99. The van der Waals surface area contributed by atoms with Crippen LogP contribution in [0.5, 0.6) is 0 Å². The summed E-state index contributed by atoms with van der Waals surface area (Å²) in [7, 11) is 0. The Morgan fingerprint density at radius 3 is 2.14 bits per heavy atom. The molecule has 3 aromatic carbocycles. The van der Waals surface area contributed by atoms with Crippen molar-refractivity contribution in [2.75, 3.05) is 30.3 Å². The van der Waals surface area contributed by atoms with Crippen LogP contribution in [-0.4, -0.2) is 58.4 Å². The average molecular weight is 590 g/mol. The predicted octanol–water partition coefficient (Wildman–Crippen LogP) is 5.35. The zero-order chi connectivity index (χ0) is 30.6. The van der Waals surface area contributed by atoms with Crippen molar-refractivity contribution in [3.63, 3.8) is 0 Å². The quantitative estimate of drug-likeness (QED) is 0.139. The number of piperazine rings is 1. The molecular weight excluding hydrogens is 558 g/mol. The molecule has 0 bridgehead atoms. The van der Waals surface area contributed by atoms with Crippen LogP contribution in [0.15, 0.2) is 77.8 Å². The van der Waals surface area contributed by atoms with Crippen molar-refractivity contribution in [3.8, 4) is 6.19 Å². The van der Waals surface area contributed by atoms with Crippen molar-refractivity contribution in [1.29, 1.82) is 5.26 Å². The second-order valence-electron chi connectivity index (χ2n) is 9.37. The number of nitrogens with zero attached hydrogens (tertiary/aromatic N) is 4. The largest absolute Gasteiger partial charge is 0.481 e. The molecule has 42 heavy (non-hydrogen) atoms. The number of nitrogens with one attached hydrogen (secondary N) is 3. The average Bonchev–Trinajstić information content (AvgIpc) is 2.94. The number of aliphatic imine (C=N–C) groups is 1. The van der Waals surface area contributed by atoms with E-state index < -0.39 is 5.97 Å². The molecule has 0 radical (unpaired) electrons. The Kier molecular flexibility index (Phi) is 11.3. The maximum absolute atomic E-state index is 13.4. The maximum atomic E-state index is 13.4. The molecule has 11 nitrogen and oxygen atoms in total. The lowest BCUT2D eigenvalue weighted by Crippen LogP contribution is -2.55. The van der Waals surface area contributed by atoms with E-state index in [1.165, 1.54) is 6.92 Å². The first-order chi connectivity index (χ1) is 20.1. The summed E-state index contributed by atoms with van der Waals surface area (Å²) < 4.78 is 0.